The Morgan fingerprint density at radius 1 is 1.35 bits per heavy atom. The summed E-state index contributed by atoms with van der Waals surface area (Å²) in [5, 5.41) is 17.9. The predicted molar refractivity (Wildman–Crippen MR) is 69.4 cm³/mol. The third kappa shape index (κ3) is 2.51. The monoisotopic (exact) mass is 277 g/mol. The summed E-state index contributed by atoms with van der Waals surface area (Å²) in [6.07, 6.45) is 0. The summed E-state index contributed by atoms with van der Waals surface area (Å²) in [6, 6.07) is 3.09. The maximum Gasteiger partial charge on any atom is 0.337 e. The van der Waals surface area contributed by atoms with Crippen LogP contribution in [0.3, 0.4) is 0 Å². The summed E-state index contributed by atoms with van der Waals surface area (Å²) < 4.78 is 13.2. The SMILES string of the molecule is Cc1n[nH]c(C)c1C(=O)Nc1cc(F)ccc1C(=O)O. The summed E-state index contributed by atoms with van der Waals surface area (Å²) in [5.41, 5.74) is 1.06. The largest absolute Gasteiger partial charge is 0.478 e. The van der Waals surface area contributed by atoms with Crippen LogP contribution in [0.1, 0.15) is 32.1 Å². The van der Waals surface area contributed by atoms with E-state index in [1.165, 1.54) is 0 Å². The molecule has 0 atom stereocenters. The van der Waals surface area contributed by atoms with Crippen molar-refractivity contribution in [3.8, 4) is 0 Å². The molecule has 0 bridgehead atoms. The lowest BCUT2D eigenvalue weighted by Gasteiger charge is -2.08. The van der Waals surface area contributed by atoms with Crippen LogP contribution in [-0.4, -0.2) is 27.2 Å². The first-order chi connectivity index (χ1) is 9.40. The molecule has 104 valence electrons. The molecular formula is C13H12FN3O3. The zero-order valence-electron chi connectivity index (χ0n) is 10.8. The predicted octanol–water partition coefficient (Wildman–Crippen LogP) is 2.12. The van der Waals surface area contributed by atoms with Crippen LogP contribution in [-0.2, 0) is 0 Å². The van der Waals surface area contributed by atoms with Gasteiger partial charge in [-0.3, -0.25) is 9.89 Å². The zero-order valence-corrected chi connectivity index (χ0v) is 10.8. The van der Waals surface area contributed by atoms with Crippen molar-refractivity contribution < 1.29 is 19.1 Å². The molecule has 0 saturated carbocycles. The Balaban J connectivity index is 2.37. The Morgan fingerprint density at radius 2 is 2.05 bits per heavy atom. The topological polar surface area (TPSA) is 95.1 Å². The van der Waals surface area contributed by atoms with E-state index in [4.69, 9.17) is 5.11 Å². The second-order valence-corrected chi connectivity index (χ2v) is 4.26. The lowest BCUT2D eigenvalue weighted by Crippen LogP contribution is -2.16. The van der Waals surface area contributed by atoms with E-state index in [1.54, 1.807) is 13.8 Å². The van der Waals surface area contributed by atoms with Gasteiger partial charge in [-0.25, -0.2) is 9.18 Å². The summed E-state index contributed by atoms with van der Waals surface area (Å²) in [7, 11) is 0. The van der Waals surface area contributed by atoms with Gasteiger partial charge in [0.15, 0.2) is 0 Å². The van der Waals surface area contributed by atoms with Gasteiger partial charge in [-0.1, -0.05) is 0 Å². The fourth-order valence-electron chi connectivity index (χ4n) is 1.88. The number of H-pyrrole nitrogens is 1. The molecule has 0 fully saturated rings. The van der Waals surface area contributed by atoms with Crippen LogP contribution in [0.4, 0.5) is 10.1 Å². The highest BCUT2D eigenvalue weighted by Gasteiger charge is 2.18. The Bertz CT molecular complexity index is 675. The number of halogens is 1. The average molecular weight is 277 g/mol. The number of amides is 1. The van der Waals surface area contributed by atoms with Crippen molar-refractivity contribution in [2.24, 2.45) is 0 Å². The number of hydrogen-bond acceptors (Lipinski definition) is 3. The van der Waals surface area contributed by atoms with Crippen molar-refractivity contribution in [2.45, 2.75) is 13.8 Å². The first-order valence-corrected chi connectivity index (χ1v) is 5.76. The smallest absolute Gasteiger partial charge is 0.337 e. The molecule has 1 amide bonds. The number of carbonyl (C=O) groups excluding carboxylic acids is 1. The zero-order chi connectivity index (χ0) is 14.9. The van der Waals surface area contributed by atoms with E-state index < -0.39 is 17.7 Å². The molecule has 0 aliphatic carbocycles. The molecule has 6 nitrogen and oxygen atoms in total. The van der Waals surface area contributed by atoms with Crippen molar-refractivity contribution in [3.63, 3.8) is 0 Å². The van der Waals surface area contributed by atoms with E-state index in [0.29, 0.717) is 17.0 Å². The molecule has 0 saturated heterocycles. The number of aromatic carboxylic acids is 1. The summed E-state index contributed by atoms with van der Waals surface area (Å²) in [4.78, 5) is 23.2. The molecule has 0 aliphatic heterocycles. The Morgan fingerprint density at radius 3 is 2.60 bits per heavy atom. The van der Waals surface area contributed by atoms with Gasteiger partial charge >= 0.3 is 5.97 Å². The second-order valence-electron chi connectivity index (χ2n) is 4.26. The average Bonchev–Trinajstić information content (AvgIpc) is 2.68. The molecule has 20 heavy (non-hydrogen) atoms. The lowest BCUT2D eigenvalue weighted by molar-refractivity contribution is 0.0698. The van der Waals surface area contributed by atoms with E-state index >= 15 is 0 Å². The number of rotatable bonds is 3. The van der Waals surface area contributed by atoms with Crippen LogP contribution in [0, 0.1) is 19.7 Å². The molecule has 0 radical (unpaired) electrons. The van der Waals surface area contributed by atoms with Crippen molar-refractivity contribution in [3.05, 3.63) is 46.5 Å². The van der Waals surface area contributed by atoms with Gasteiger partial charge in [0, 0.05) is 5.69 Å². The van der Waals surface area contributed by atoms with Crippen LogP contribution in [0.5, 0.6) is 0 Å². The number of aryl methyl sites for hydroxylation is 2. The van der Waals surface area contributed by atoms with Crippen LogP contribution in [0.25, 0.3) is 0 Å². The standard InChI is InChI=1S/C13H12FN3O3/c1-6-11(7(2)17-16-6)12(18)15-10-5-8(14)3-4-9(10)13(19)20/h3-5H,1-2H3,(H,15,18)(H,16,17)(H,19,20). The van der Waals surface area contributed by atoms with Crippen LogP contribution in [0.2, 0.25) is 0 Å². The van der Waals surface area contributed by atoms with Crippen molar-refractivity contribution in [1.82, 2.24) is 10.2 Å². The lowest BCUT2D eigenvalue weighted by atomic mass is 10.1. The minimum Gasteiger partial charge on any atom is -0.478 e. The van der Waals surface area contributed by atoms with Gasteiger partial charge < -0.3 is 10.4 Å². The molecule has 3 N–H and O–H groups in total. The summed E-state index contributed by atoms with van der Waals surface area (Å²) in [6.45, 7) is 3.31. The van der Waals surface area contributed by atoms with E-state index in [9.17, 15) is 14.0 Å². The third-order valence-electron chi connectivity index (χ3n) is 2.82. The van der Waals surface area contributed by atoms with Crippen molar-refractivity contribution >= 4 is 17.6 Å². The number of carboxylic acid groups (broad SMARTS) is 1. The molecule has 0 unspecified atom stereocenters. The van der Waals surface area contributed by atoms with Gasteiger partial charge in [-0.05, 0) is 32.0 Å². The number of anilines is 1. The number of nitrogens with one attached hydrogen (secondary N) is 2. The molecule has 7 heteroatoms. The molecule has 1 aromatic heterocycles. The van der Waals surface area contributed by atoms with E-state index in [1.807, 2.05) is 0 Å². The van der Waals surface area contributed by atoms with Gasteiger partial charge in [0.05, 0.1) is 22.5 Å². The van der Waals surface area contributed by atoms with Gasteiger partial charge in [0.25, 0.3) is 5.91 Å². The van der Waals surface area contributed by atoms with Gasteiger partial charge in [-0.2, -0.15) is 5.10 Å². The maximum atomic E-state index is 13.2. The van der Waals surface area contributed by atoms with E-state index in [0.717, 1.165) is 18.2 Å². The third-order valence-corrected chi connectivity index (χ3v) is 2.82. The number of benzene rings is 1. The van der Waals surface area contributed by atoms with Gasteiger partial charge in [-0.15, -0.1) is 0 Å². The highest BCUT2D eigenvalue weighted by Crippen LogP contribution is 2.19. The fourth-order valence-corrected chi connectivity index (χ4v) is 1.88. The first-order valence-electron chi connectivity index (χ1n) is 5.76. The molecule has 2 rings (SSSR count). The summed E-state index contributed by atoms with van der Waals surface area (Å²) in [5.74, 6) is -2.42. The van der Waals surface area contributed by atoms with Gasteiger partial charge in [0.2, 0.25) is 0 Å². The minimum atomic E-state index is -1.25. The Labute approximate surface area is 113 Å². The number of carbonyl (C=O) groups is 2. The molecule has 2 aromatic rings. The number of aromatic nitrogens is 2. The number of hydrogen-bond donors (Lipinski definition) is 3. The first kappa shape index (κ1) is 13.7. The summed E-state index contributed by atoms with van der Waals surface area (Å²) >= 11 is 0. The normalized spacial score (nSPS) is 10.3. The van der Waals surface area contributed by atoms with Crippen molar-refractivity contribution in [1.29, 1.82) is 0 Å². The number of carboxylic acids is 1. The molecular weight excluding hydrogens is 265 g/mol. The van der Waals surface area contributed by atoms with E-state index in [2.05, 4.69) is 15.5 Å². The highest BCUT2D eigenvalue weighted by molar-refractivity contribution is 6.08. The molecule has 1 heterocycles. The van der Waals surface area contributed by atoms with Gasteiger partial charge in [0.1, 0.15) is 5.82 Å². The van der Waals surface area contributed by atoms with Crippen LogP contribution < -0.4 is 5.32 Å². The maximum absolute atomic E-state index is 13.2. The van der Waals surface area contributed by atoms with Crippen molar-refractivity contribution in [2.75, 3.05) is 5.32 Å². The Hall–Kier alpha value is -2.70. The Kier molecular flexibility index (Phi) is 3.51. The quantitative estimate of drug-likeness (QED) is 0.800. The van der Waals surface area contributed by atoms with E-state index in [-0.39, 0.29) is 11.3 Å². The number of nitrogens with zero attached hydrogens (tertiary/aromatic N) is 1. The van der Waals surface area contributed by atoms with Crippen LogP contribution in [0.15, 0.2) is 18.2 Å². The highest BCUT2D eigenvalue weighted by atomic mass is 19.1. The van der Waals surface area contributed by atoms with Crippen LogP contribution >= 0.6 is 0 Å². The second kappa shape index (κ2) is 5.12. The fraction of sp³-hybridized carbons (Fsp3) is 0.154. The number of aromatic amines is 1. The molecule has 0 aliphatic rings. The molecule has 1 aromatic carbocycles. The minimum absolute atomic E-state index is 0.0949. The molecule has 0 spiro atoms.